The molecular formula is C28H24BrNO4S. The predicted molar refractivity (Wildman–Crippen MR) is 143 cm³/mol. The first kappa shape index (κ1) is 24.8. The van der Waals surface area contributed by atoms with Crippen LogP contribution in [-0.2, 0) is 24.4 Å². The summed E-state index contributed by atoms with van der Waals surface area (Å²) in [5, 5.41) is -0.280. The average Bonchev–Trinajstić information content (AvgIpc) is 3.12. The lowest BCUT2D eigenvalue weighted by molar-refractivity contribution is -0.123. The Morgan fingerprint density at radius 1 is 1.03 bits per heavy atom. The molecule has 0 atom stereocenters. The molecule has 0 bridgehead atoms. The van der Waals surface area contributed by atoms with E-state index >= 15 is 0 Å². The second-order valence-corrected chi connectivity index (χ2v) is 9.78. The van der Waals surface area contributed by atoms with E-state index in [2.05, 4.69) is 22.5 Å². The molecule has 7 heteroatoms. The highest BCUT2D eigenvalue weighted by Crippen LogP contribution is 2.38. The first-order chi connectivity index (χ1) is 17.0. The van der Waals surface area contributed by atoms with Crippen molar-refractivity contribution in [1.29, 1.82) is 0 Å². The highest BCUT2D eigenvalue weighted by molar-refractivity contribution is 9.10. The van der Waals surface area contributed by atoms with Gasteiger partial charge in [0.1, 0.15) is 6.61 Å². The van der Waals surface area contributed by atoms with Gasteiger partial charge in [-0.15, -0.1) is 6.58 Å². The summed E-state index contributed by atoms with van der Waals surface area (Å²) < 4.78 is 12.8. The normalized spacial score (nSPS) is 14.5. The number of carbonyl (C=O) groups excluding carboxylic acids is 2. The number of amides is 2. The molecule has 1 aliphatic heterocycles. The van der Waals surface area contributed by atoms with Gasteiger partial charge >= 0.3 is 0 Å². The minimum absolute atomic E-state index is 0.247. The van der Waals surface area contributed by atoms with Gasteiger partial charge in [-0.25, -0.2) is 0 Å². The Bertz CT molecular complexity index is 1270. The number of hydrogen-bond acceptors (Lipinski definition) is 5. The number of nitrogens with zero attached hydrogens (tertiary/aromatic N) is 1. The molecule has 1 saturated heterocycles. The van der Waals surface area contributed by atoms with Crippen LogP contribution in [0.1, 0.15) is 22.3 Å². The Morgan fingerprint density at radius 3 is 2.46 bits per heavy atom. The third-order valence-electron chi connectivity index (χ3n) is 5.39. The fourth-order valence-electron chi connectivity index (χ4n) is 3.68. The van der Waals surface area contributed by atoms with Crippen LogP contribution in [-0.4, -0.2) is 23.2 Å². The van der Waals surface area contributed by atoms with Crippen LogP contribution in [0.5, 0.6) is 11.5 Å². The summed E-state index contributed by atoms with van der Waals surface area (Å²) in [7, 11) is 1.58. The van der Waals surface area contributed by atoms with E-state index in [4.69, 9.17) is 9.47 Å². The van der Waals surface area contributed by atoms with E-state index in [-0.39, 0.29) is 17.7 Å². The second-order valence-electron chi connectivity index (χ2n) is 7.87. The summed E-state index contributed by atoms with van der Waals surface area (Å²) in [6.07, 6.45) is 4.07. The van der Waals surface area contributed by atoms with Crippen LogP contribution in [0.15, 0.2) is 88.8 Å². The zero-order valence-electron chi connectivity index (χ0n) is 19.2. The summed E-state index contributed by atoms with van der Waals surface area (Å²) in [6, 6.07) is 21.1. The lowest BCUT2D eigenvalue weighted by Gasteiger charge is -2.16. The monoisotopic (exact) mass is 549 g/mol. The Hall–Kier alpha value is -3.29. The van der Waals surface area contributed by atoms with E-state index < -0.39 is 0 Å². The van der Waals surface area contributed by atoms with Crippen LogP contribution in [0, 0.1) is 0 Å². The van der Waals surface area contributed by atoms with Crippen molar-refractivity contribution in [2.24, 2.45) is 0 Å². The topological polar surface area (TPSA) is 55.8 Å². The molecule has 5 nitrogen and oxygen atoms in total. The van der Waals surface area contributed by atoms with Gasteiger partial charge in [0.05, 0.1) is 18.6 Å². The van der Waals surface area contributed by atoms with Gasteiger partial charge in [0.15, 0.2) is 11.5 Å². The molecule has 3 aromatic rings. The lowest BCUT2D eigenvalue weighted by atomic mass is 10.0. The highest BCUT2D eigenvalue weighted by atomic mass is 79.9. The van der Waals surface area contributed by atoms with Gasteiger partial charge in [0.2, 0.25) is 0 Å². The number of benzene rings is 3. The molecule has 0 aromatic heterocycles. The van der Waals surface area contributed by atoms with Crippen molar-refractivity contribution < 1.29 is 19.1 Å². The number of allylic oxidation sites excluding steroid dienone is 1. The second kappa shape index (κ2) is 11.4. The maximum atomic E-state index is 13.0. The molecule has 4 rings (SSSR count). The SMILES string of the molecule is C=CCc1cc(/C=C2\SC(=O)N(Cc3ccccc3)C2=O)cc(OC)c1OCc1ccc(Br)cc1. The lowest BCUT2D eigenvalue weighted by Crippen LogP contribution is -2.27. The largest absolute Gasteiger partial charge is 0.493 e. The van der Waals surface area contributed by atoms with Gasteiger partial charge in [-0.05, 0) is 65.2 Å². The molecule has 1 fully saturated rings. The van der Waals surface area contributed by atoms with Crippen LogP contribution in [0.2, 0.25) is 0 Å². The van der Waals surface area contributed by atoms with Crippen molar-refractivity contribution >= 4 is 44.9 Å². The zero-order valence-corrected chi connectivity index (χ0v) is 21.6. The molecule has 1 heterocycles. The number of ether oxygens (including phenoxy) is 2. The van der Waals surface area contributed by atoms with Crippen molar-refractivity contribution in [1.82, 2.24) is 4.90 Å². The number of thioether (sulfide) groups is 1. The van der Waals surface area contributed by atoms with Gasteiger partial charge < -0.3 is 9.47 Å². The van der Waals surface area contributed by atoms with Gasteiger partial charge in [0, 0.05) is 10.0 Å². The molecule has 0 spiro atoms. The summed E-state index contributed by atoms with van der Waals surface area (Å²) in [5.41, 5.74) is 3.56. The van der Waals surface area contributed by atoms with E-state index in [1.807, 2.05) is 66.7 Å². The van der Waals surface area contributed by atoms with Crippen LogP contribution in [0.4, 0.5) is 4.79 Å². The fourth-order valence-corrected chi connectivity index (χ4v) is 4.78. The van der Waals surface area contributed by atoms with Crippen LogP contribution >= 0.6 is 27.7 Å². The molecule has 0 unspecified atom stereocenters. The fraction of sp³-hybridized carbons (Fsp3) is 0.143. The molecule has 2 amide bonds. The Labute approximate surface area is 217 Å². The predicted octanol–water partition coefficient (Wildman–Crippen LogP) is 7.00. The summed E-state index contributed by atoms with van der Waals surface area (Å²) >= 11 is 4.38. The number of halogens is 1. The summed E-state index contributed by atoms with van der Waals surface area (Å²) in [5.74, 6) is 0.879. The molecule has 178 valence electrons. The summed E-state index contributed by atoms with van der Waals surface area (Å²) in [6.45, 7) is 4.49. The van der Waals surface area contributed by atoms with Crippen molar-refractivity contribution in [3.8, 4) is 11.5 Å². The maximum absolute atomic E-state index is 13.0. The molecule has 0 saturated carbocycles. The summed E-state index contributed by atoms with van der Waals surface area (Å²) in [4.78, 5) is 27.2. The van der Waals surface area contributed by atoms with E-state index in [0.717, 1.165) is 38.5 Å². The quantitative estimate of drug-likeness (QED) is 0.212. The van der Waals surface area contributed by atoms with Crippen LogP contribution in [0.3, 0.4) is 0 Å². The zero-order chi connectivity index (χ0) is 24.8. The molecule has 3 aromatic carbocycles. The number of hydrogen-bond donors (Lipinski definition) is 0. The van der Waals surface area contributed by atoms with Crippen LogP contribution in [0.25, 0.3) is 6.08 Å². The Kier molecular flexibility index (Phi) is 8.10. The van der Waals surface area contributed by atoms with Gasteiger partial charge in [-0.3, -0.25) is 14.5 Å². The molecule has 1 aliphatic rings. The molecular weight excluding hydrogens is 526 g/mol. The van der Waals surface area contributed by atoms with E-state index in [1.165, 1.54) is 4.90 Å². The maximum Gasteiger partial charge on any atom is 0.293 e. The number of carbonyl (C=O) groups is 2. The van der Waals surface area contributed by atoms with Crippen LogP contribution < -0.4 is 9.47 Å². The average molecular weight is 550 g/mol. The number of rotatable bonds is 9. The Balaban J connectivity index is 1.59. The van der Waals surface area contributed by atoms with Gasteiger partial charge in [-0.1, -0.05) is 64.5 Å². The minimum atomic E-state index is -0.302. The molecule has 35 heavy (non-hydrogen) atoms. The standard InChI is InChI=1S/C28H24BrNO4S/c1-3-7-22-14-21(15-24(33-2)26(22)34-18-20-10-12-23(29)13-11-20)16-25-27(31)30(28(32)35-25)17-19-8-5-4-6-9-19/h3-6,8-16H,1,7,17-18H2,2H3/b25-16-. The smallest absolute Gasteiger partial charge is 0.293 e. The van der Waals surface area contributed by atoms with Gasteiger partial charge in [-0.2, -0.15) is 0 Å². The third-order valence-corrected chi connectivity index (χ3v) is 6.83. The third kappa shape index (κ3) is 6.05. The van der Waals surface area contributed by atoms with E-state index in [1.54, 1.807) is 19.3 Å². The van der Waals surface area contributed by atoms with Gasteiger partial charge in [0.25, 0.3) is 11.1 Å². The van der Waals surface area contributed by atoms with Crippen molar-refractivity contribution in [2.45, 2.75) is 19.6 Å². The number of imide groups is 1. The first-order valence-corrected chi connectivity index (χ1v) is 12.6. The van der Waals surface area contributed by atoms with E-state index in [9.17, 15) is 9.59 Å². The van der Waals surface area contributed by atoms with Crippen molar-refractivity contribution in [2.75, 3.05) is 7.11 Å². The first-order valence-electron chi connectivity index (χ1n) is 11.0. The van der Waals surface area contributed by atoms with E-state index in [0.29, 0.717) is 29.4 Å². The molecule has 0 aliphatic carbocycles. The molecule has 0 radical (unpaired) electrons. The number of methoxy groups -OCH3 is 1. The van der Waals surface area contributed by atoms with Crippen molar-refractivity contribution in [3.05, 3.63) is 111 Å². The molecule has 0 N–H and O–H groups in total. The van der Waals surface area contributed by atoms with Crippen molar-refractivity contribution in [3.63, 3.8) is 0 Å². The minimum Gasteiger partial charge on any atom is -0.493 e. The highest BCUT2D eigenvalue weighted by Gasteiger charge is 2.35. The Morgan fingerprint density at radius 2 is 1.77 bits per heavy atom.